The summed E-state index contributed by atoms with van der Waals surface area (Å²) in [7, 11) is 1.96. The highest BCUT2D eigenvalue weighted by atomic mass is 32.1. The molecule has 1 aromatic rings. The highest BCUT2D eigenvalue weighted by molar-refractivity contribution is 7.09. The van der Waals surface area contributed by atoms with Crippen LogP contribution in [0, 0.1) is 0 Å². The first kappa shape index (κ1) is 13.5. The summed E-state index contributed by atoms with van der Waals surface area (Å²) in [5, 5.41) is 4.99. The Kier molecular flexibility index (Phi) is 5.16. The Morgan fingerprint density at radius 2 is 2.56 bits per heavy atom. The highest BCUT2D eigenvalue weighted by Crippen LogP contribution is 2.11. The van der Waals surface area contributed by atoms with E-state index in [1.54, 1.807) is 11.3 Å². The van der Waals surface area contributed by atoms with E-state index in [-0.39, 0.29) is 12.0 Å². The number of carbonyl (C=O) groups is 1. The quantitative estimate of drug-likeness (QED) is 0.849. The molecule has 5 heteroatoms. The van der Waals surface area contributed by atoms with E-state index in [2.05, 4.69) is 16.8 Å². The SMILES string of the molecule is CN(CC(=O)NCC1CCCO1)Cc1cccs1. The van der Waals surface area contributed by atoms with Crippen molar-refractivity contribution in [3.8, 4) is 0 Å². The first-order valence-corrected chi connectivity index (χ1v) is 7.21. The number of ether oxygens (including phenoxy) is 1. The van der Waals surface area contributed by atoms with E-state index in [1.807, 2.05) is 18.0 Å². The fourth-order valence-corrected chi connectivity index (χ4v) is 2.84. The molecular formula is C13H20N2O2S. The third kappa shape index (κ3) is 4.40. The number of hydrogen-bond acceptors (Lipinski definition) is 4. The largest absolute Gasteiger partial charge is 0.376 e. The van der Waals surface area contributed by atoms with Gasteiger partial charge in [0.1, 0.15) is 0 Å². The van der Waals surface area contributed by atoms with Crippen molar-refractivity contribution in [2.75, 3.05) is 26.7 Å². The van der Waals surface area contributed by atoms with Gasteiger partial charge in [-0.1, -0.05) is 6.07 Å². The summed E-state index contributed by atoms with van der Waals surface area (Å²) in [6.07, 6.45) is 2.39. The monoisotopic (exact) mass is 268 g/mol. The van der Waals surface area contributed by atoms with Crippen molar-refractivity contribution in [3.05, 3.63) is 22.4 Å². The lowest BCUT2D eigenvalue weighted by Crippen LogP contribution is -2.38. The number of nitrogens with one attached hydrogen (secondary N) is 1. The van der Waals surface area contributed by atoms with Crippen molar-refractivity contribution in [2.45, 2.75) is 25.5 Å². The van der Waals surface area contributed by atoms with E-state index < -0.39 is 0 Å². The standard InChI is InChI=1S/C13H20N2O2S/c1-15(9-12-5-3-7-18-12)10-13(16)14-8-11-4-2-6-17-11/h3,5,7,11H,2,4,6,8-10H2,1H3,(H,14,16). The summed E-state index contributed by atoms with van der Waals surface area (Å²) in [5.74, 6) is 0.0737. The maximum Gasteiger partial charge on any atom is 0.234 e. The Labute approximate surface area is 112 Å². The molecule has 0 aliphatic carbocycles. The molecule has 0 spiro atoms. The Morgan fingerprint density at radius 1 is 1.67 bits per heavy atom. The van der Waals surface area contributed by atoms with E-state index in [4.69, 9.17) is 4.74 Å². The molecule has 4 nitrogen and oxygen atoms in total. The van der Waals surface area contributed by atoms with Crippen molar-refractivity contribution < 1.29 is 9.53 Å². The van der Waals surface area contributed by atoms with Gasteiger partial charge in [0.25, 0.3) is 0 Å². The minimum absolute atomic E-state index is 0.0737. The molecule has 1 aliphatic heterocycles. The smallest absolute Gasteiger partial charge is 0.234 e. The lowest BCUT2D eigenvalue weighted by molar-refractivity contribution is -0.122. The maximum atomic E-state index is 11.7. The van der Waals surface area contributed by atoms with Crippen LogP contribution >= 0.6 is 11.3 Å². The average molecular weight is 268 g/mol. The molecule has 1 atom stereocenters. The molecule has 1 amide bonds. The molecule has 1 aromatic heterocycles. The molecule has 2 rings (SSSR count). The summed E-state index contributed by atoms with van der Waals surface area (Å²) in [6, 6.07) is 4.12. The van der Waals surface area contributed by atoms with Gasteiger partial charge in [0, 0.05) is 24.6 Å². The normalized spacial score (nSPS) is 19.3. The first-order valence-electron chi connectivity index (χ1n) is 6.33. The number of thiophene rings is 1. The third-order valence-corrected chi connectivity index (χ3v) is 3.83. The molecule has 1 N–H and O–H groups in total. The predicted octanol–water partition coefficient (Wildman–Crippen LogP) is 1.48. The summed E-state index contributed by atoms with van der Waals surface area (Å²) in [5.41, 5.74) is 0. The number of rotatable bonds is 6. The molecule has 1 aliphatic rings. The van der Waals surface area contributed by atoms with E-state index >= 15 is 0 Å². The van der Waals surface area contributed by atoms with Crippen LogP contribution in [0.4, 0.5) is 0 Å². The van der Waals surface area contributed by atoms with Crippen LogP contribution in [0.5, 0.6) is 0 Å². The fraction of sp³-hybridized carbons (Fsp3) is 0.615. The number of likely N-dealkylation sites (N-methyl/N-ethyl adjacent to an activating group) is 1. The summed E-state index contributed by atoms with van der Waals surface area (Å²) < 4.78 is 5.47. The van der Waals surface area contributed by atoms with Crippen LogP contribution < -0.4 is 5.32 Å². The lowest BCUT2D eigenvalue weighted by Gasteiger charge is -2.16. The third-order valence-electron chi connectivity index (χ3n) is 2.97. The zero-order chi connectivity index (χ0) is 12.8. The minimum Gasteiger partial charge on any atom is -0.376 e. The van der Waals surface area contributed by atoms with Gasteiger partial charge >= 0.3 is 0 Å². The first-order chi connectivity index (χ1) is 8.74. The van der Waals surface area contributed by atoms with Gasteiger partial charge < -0.3 is 10.1 Å². The van der Waals surface area contributed by atoms with Crippen LogP contribution in [-0.4, -0.2) is 43.7 Å². The zero-order valence-corrected chi connectivity index (χ0v) is 11.5. The Bertz CT molecular complexity index is 361. The van der Waals surface area contributed by atoms with Gasteiger partial charge in [-0.3, -0.25) is 9.69 Å². The Balaban J connectivity index is 1.63. The van der Waals surface area contributed by atoms with Crippen LogP contribution in [0.15, 0.2) is 17.5 Å². The van der Waals surface area contributed by atoms with Gasteiger partial charge in [0.05, 0.1) is 12.6 Å². The Morgan fingerprint density at radius 3 is 3.22 bits per heavy atom. The molecule has 0 saturated carbocycles. The van der Waals surface area contributed by atoms with Crippen LogP contribution in [0.2, 0.25) is 0 Å². The van der Waals surface area contributed by atoms with Crippen LogP contribution in [0.25, 0.3) is 0 Å². The molecular weight excluding hydrogens is 248 g/mol. The van der Waals surface area contributed by atoms with E-state index in [9.17, 15) is 4.79 Å². The van der Waals surface area contributed by atoms with E-state index in [0.717, 1.165) is 26.0 Å². The molecule has 100 valence electrons. The molecule has 18 heavy (non-hydrogen) atoms. The van der Waals surface area contributed by atoms with Crippen LogP contribution in [-0.2, 0) is 16.1 Å². The highest BCUT2D eigenvalue weighted by Gasteiger charge is 2.16. The second-order valence-corrected chi connectivity index (χ2v) is 5.72. The van der Waals surface area contributed by atoms with E-state index in [0.29, 0.717) is 13.1 Å². The molecule has 0 radical (unpaired) electrons. The van der Waals surface area contributed by atoms with Gasteiger partial charge in [-0.2, -0.15) is 0 Å². The van der Waals surface area contributed by atoms with Crippen molar-refractivity contribution in [3.63, 3.8) is 0 Å². The summed E-state index contributed by atoms with van der Waals surface area (Å²) >= 11 is 1.72. The number of carbonyl (C=O) groups excluding carboxylic acids is 1. The second-order valence-electron chi connectivity index (χ2n) is 4.69. The molecule has 0 bridgehead atoms. The molecule has 1 saturated heterocycles. The van der Waals surface area contributed by atoms with Gasteiger partial charge in [0.15, 0.2) is 0 Å². The van der Waals surface area contributed by atoms with Crippen molar-refractivity contribution in [2.24, 2.45) is 0 Å². The van der Waals surface area contributed by atoms with Crippen molar-refractivity contribution >= 4 is 17.2 Å². The minimum atomic E-state index is 0.0737. The predicted molar refractivity (Wildman–Crippen MR) is 72.6 cm³/mol. The topological polar surface area (TPSA) is 41.6 Å². The lowest BCUT2D eigenvalue weighted by atomic mass is 10.2. The number of amides is 1. The molecule has 1 unspecified atom stereocenters. The van der Waals surface area contributed by atoms with Crippen molar-refractivity contribution in [1.82, 2.24) is 10.2 Å². The average Bonchev–Trinajstić information content (AvgIpc) is 2.98. The number of hydrogen-bond donors (Lipinski definition) is 1. The van der Waals surface area contributed by atoms with Gasteiger partial charge in [-0.05, 0) is 31.3 Å². The maximum absolute atomic E-state index is 11.7. The molecule has 2 heterocycles. The molecule has 0 aromatic carbocycles. The summed E-state index contributed by atoms with van der Waals surface area (Å²) in [6.45, 7) is 2.74. The van der Waals surface area contributed by atoms with Crippen molar-refractivity contribution in [1.29, 1.82) is 0 Å². The van der Waals surface area contributed by atoms with Gasteiger partial charge in [-0.25, -0.2) is 0 Å². The molecule has 1 fully saturated rings. The fourth-order valence-electron chi connectivity index (χ4n) is 2.06. The van der Waals surface area contributed by atoms with Crippen LogP contribution in [0.3, 0.4) is 0 Å². The second kappa shape index (κ2) is 6.87. The van der Waals surface area contributed by atoms with Gasteiger partial charge in [-0.15, -0.1) is 11.3 Å². The van der Waals surface area contributed by atoms with Gasteiger partial charge in [0.2, 0.25) is 5.91 Å². The Hall–Kier alpha value is -0.910. The van der Waals surface area contributed by atoms with Crippen LogP contribution in [0.1, 0.15) is 17.7 Å². The summed E-state index contributed by atoms with van der Waals surface area (Å²) in [4.78, 5) is 15.0. The zero-order valence-electron chi connectivity index (χ0n) is 10.7. The van der Waals surface area contributed by atoms with E-state index in [1.165, 1.54) is 4.88 Å². The number of nitrogens with zero attached hydrogens (tertiary/aromatic N) is 1.